The Hall–Kier alpha value is -3.94. The first-order valence-corrected chi connectivity index (χ1v) is 10.5. The van der Waals surface area contributed by atoms with Crippen molar-refractivity contribution in [1.29, 1.82) is 0 Å². The molecule has 0 radical (unpaired) electrons. The zero-order chi connectivity index (χ0) is 22.1. The Bertz CT molecular complexity index is 1190. The van der Waals surface area contributed by atoms with Crippen molar-refractivity contribution in [1.82, 2.24) is 9.97 Å². The van der Waals surface area contributed by atoms with Gasteiger partial charge in [-0.15, -0.1) is 0 Å². The molecule has 2 aromatic carbocycles. The van der Waals surface area contributed by atoms with Crippen LogP contribution in [0.15, 0.2) is 61.1 Å². The Labute approximate surface area is 185 Å². The Kier molecular flexibility index (Phi) is 5.18. The van der Waals surface area contributed by atoms with Gasteiger partial charge in [0, 0.05) is 61.7 Å². The molecule has 7 nitrogen and oxygen atoms in total. The topological polar surface area (TPSA) is 73.4 Å². The minimum Gasteiger partial charge on any atom is -0.366 e. The molecule has 0 bridgehead atoms. The van der Waals surface area contributed by atoms with Gasteiger partial charge in [0.15, 0.2) is 0 Å². The minimum absolute atomic E-state index is 0.167. The Morgan fingerprint density at radius 3 is 2.53 bits per heavy atom. The molecule has 3 aromatic rings. The summed E-state index contributed by atoms with van der Waals surface area (Å²) < 4.78 is 14.9. The van der Waals surface area contributed by atoms with Crippen molar-refractivity contribution < 1.29 is 9.18 Å². The van der Waals surface area contributed by atoms with Crippen LogP contribution in [0.25, 0.3) is 5.57 Å². The zero-order valence-electron chi connectivity index (χ0n) is 17.7. The van der Waals surface area contributed by atoms with E-state index in [1.807, 2.05) is 36.1 Å². The number of halogens is 1. The molecule has 3 heterocycles. The number of nitrogens with one attached hydrogen (secondary N) is 2. The molecule has 2 aliphatic rings. The Morgan fingerprint density at radius 2 is 1.78 bits per heavy atom. The van der Waals surface area contributed by atoms with Crippen LogP contribution in [0.1, 0.15) is 11.1 Å². The van der Waals surface area contributed by atoms with E-state index in [0.29, 0.717) is 36.0 Å². The van der Waals surface area contributed by atoms with Crippen LogP contribution < -0.4 is 20.4 Å². The molecule has 2 N–H and O–H groups in total. The van der Waals surface area contributed by atoms with E-state index in [9.17, 15) is 9.18 Å². The van der Waals surface area contributed by atoms with Gasteiger partial charge < -0.3 is 20.4 Å². The lowest BCUT2D eigenvalue weighted by molar-refractivity contribution is -0.110. The van der Waals surface area contributed by atoms with Crippen LogP contribution in [0, 0.1) is 12.7 Å². The highest BCUT2D eigenvalue weighted by Crippen LogP contribution is 2.34. The number of piperazine rings is 1. The third-order valence-electron chi connectivity index (χ3n) is 5.82. The van der Waals surface area contributed by atoms with E-state index in [2.05, 4.69) is 25.5 Å². The smallest absolute Gasteiger partial charge is 0.257 e. The molecule has 0 unspecified atom stereocenters. The van der Waals surface area contributed by atoms with Gasteiger partial charge in [0.1, 0.15) is 5.82 Å². The number of nitrogens with zero attached hydrogens (tertiary/aromatic N) is 4. The first-order chi connectivity index (χ1) is 15.6. The van der Waals surface area contributed by atoms with Crippen LogP contribution >= 0.6 is 0 Å². The number of fused-ring (bicyclic) bond motifs is 1. The van der Waals surface area contributed by atoms with E-state index in [4.69, 9.17) is 0 Å². The van der Waals surface area contributed by atoms with Crippen LogP contribution in [0.2, 0.25) is 0 Å². The molecule has 5 rings (SSSR count). The number of hydrogen-bond acceptors (Lipinski definition) is 6. The number of aromatic nitrogens is 2. The van der Waals surface area contributed by atoms with Gasteiger partial charge in [0.25, 0.3) is 5.91 Å². The predicted octanol–water partition coefficient (Wildman–Crippen LogP) is 3.66. The lowest BCUT2D eigenvalue weighted by Gasteiger charge is -2.36. The lowest BCUT2D eigenvalue weighted by Crippen LogP contribution is -2.47. The Balaban J connectivity index is 1.28. The third-order valence-corrected chi connectivity index (χ3v) is 5.82. The largest absolute Gasteiger partial charge is 0.366 e. The van der Waals surface area contributed by atoms with Crippen molar-refractivity contribution in [3.8, 4) is 0 Å². The standard InChI is InChI=1S/C24H23FN6O/c1-16-4-2-5-20-22(16)18(23(32)29-20)15-28-17-6-7-21(19(25)14-17)30-10-12-31(13-11-30)24-26-8-3-9-27-24/h2-9,14-15,28H,10-13H2,1H3,(H,29,32). The van der Waals surface area contributed by atoms with E-state index in [1.165, 1.54) is 6.07 Å². The molecule has 1 fully saturated rings. The molecule has 0 saturated carbocycles. The molecule has 0 spiro atoms. The molecule has 2 aliphatic heterocycles. The summed E-state index contributed by atoms with van der Waals surface area (Å²) in [7, 11) is 0. The second-order valence-corrected chi connectivity index (χ2v) is 7.84. The van der Waals surface area contributed by atoms with E-state index in [1.54, 1.807) is 30.7 Å². The van der Waals surface area contributed by atoms with Gasteiger partial charge in [0.2, 0.25) is 5.95 Å². The average molecular weight is 430 g/mol. The highest BCUT2D eigenvalue weighted by Gasteiger charge is 2.25. The quantitative estimate of drug-likeness (QED) is 0.616. The van der Waals surface area contributed by atoms with Gasteiger partial charge in [0.05, 0.1) is 11.3 Å². The van der Waals surface area contributed by atoms with E-state index < -0.39 is 0 Å². The van der Waals surface area contributed by atoms with Crippen LogP contribution in [-0.2, 0) is 4.79 Å². The average Bonchev–Trinajstić information content (AvgIpc) is 3.15. The monoisotopic (exact) mass is 430 g/mol. The maximum atomic E-state index is 14.9. The second-order valence-electron chi connectivity index (χ2n) is 7.84. The van der Waals surface area contributed by atoms with Crippen LogP contribution in [0.3, 0.4) is 0 Å². The fourth-order valence-electron chi connectivity index (χ4n) is 4.18. The maximum Gasteiger partial charge on any atom is 0.257 e. The van der Waals surface area contributed by atoms with Crippen molar-refractivity contribution in [3.63, 3.8) is 0 Å². The molecular weight excluding hydrogens is 407 g/mol. The van der Waals surface area contributed by atoms with Crippen LogP contribution in [0.5, 0.6) is 0 Å². The fourth-order valence-corrected chi connectivity index (χ4v) is 4.18. The first kappa shape index (κ1) is 20.0. The number of rotatable bonds is 4. The molecule has 32 heavy (non-hydrogen) atoms. The molecule has 8 heteroatoms. The van der Waals surface area contributed by atoms with Gasteiger partial charge in [-0.25, -0.2) is 14.4 Å². The number of benzene rings is 2. The number of amides is 1. The number of aryl methyl sites for hydroxylation is 1. The zero-order valence-corrected chi connectivity index (χ0v) is 17.7. The molecule has 0 aliphatic carbocycles. The van der Waals surface area contributed by atoms with Gasteiger partial charge in [-0.1, -0.05) is 12.1 Å². The second kappa shape index (κ2) is 8.30. The molecule has 1 amide bonds. The highest BCUT2D eigenvalue weighted by atomic mass is 19.1. The summed E-state index contributed by atoms with van der Waals surface area (Å²) in [4.78, 5) is 25.1. The van der Waals surface area contributed by atoms with Gasteiger partial charge in [-0.3, -0.25) is 4.79 Å². The number of carbonyl (C=O) groups is 1. The summed E-state index contributed by atoms with van der Waals surface area (Å²) in [5.74, 6) is 0.234. The predicted molar refractivity (Wildman–Crippen MR) is 124 cm³/mol. The normalized spacial score (nSPS) is 16.8. The highest BCUT2D eigenvalue weighted by molar-refractivity contribution is 6.32. The molecule has 0 atom stereocenters. The summed E-state index contributed by atoms with van der Waals surface area (Å²) in [5.41, 5.74) is 4.38. The molecule has 1 aromatic heterocycles. The number of carbonyl (C=O) groups excluding carboxylic acids is 1. The Morgan fingerprint density at radius 1 is 1.03 bits per heavy atom. The summed E-state index contributed by atoms with van der Waals surface area (Å²) in [5, 5.41) is 5.94. The SMILES string of the molecule is Cc1cccc2c1C(=CNc1ccc(N3CCN(c4ncccn4)CC3)c(F)c1)C(=O)N2. The van der Waals surface area contributed by atoms with Crippen molar-refractivity contribution in [2.45, 2.75) is 6.92 Å². The van der Waals surface area contributed by atoms with E-state index in [-0.39, 0.29) is 11.7 Å². The van der Waals surface area contributed by atoms with Gasteiger partial charge >= 0.3 is 0 Å². The molecular formula is C24H23FN6O. The van der Waals surface area contributed by atoms with Gasteiger partial charge in [-0.2, -0.15) is 0 Å². The van der Waals surface area contributed by atoms with Crippen molar-refractivity contribution >= 4 is 34.5 Å². The first-order valence-electron chi connectivity index (χ1n) is 10.5. The number of anilines is 4. The lowest BCUT2D eigenvalue weighted by atomic mass is 10.0. The summed E-state index contributed by atoms with van der Waals surface area (Å²) in [6.45, 7) is 4.78. The van der Waals surface area contributed by atoms with Crippen LogP contribution in [-0.4, -0.2) is 42.1 Å². The number of hydrogen-bond donors (Lipinski definition) is 2. The fraction of sp³-hybridized carbons (Fsp3) is 0.208. The van der Waals surface area contributed by atoms with E-state index in [0.717, 1.165) is 29.9 Å². The van der Waals surface area contributed by atoms with Crippen molar-refractivity contribution in [3.05, 3.63) is 78.0 Å². The minimum atomic E-state index is -0.301. The van der Waals surface area contributed by atoms with E-state index >= 15 is 0 Å². The van der Waals surface area contributed by atoms with Gasteiger partial charge in [-0.05, 0) is 42.8 Å². The van der Waals surface area contributed by atoms with Crippen molar-refractivity contribution in [2.24, 2.45) is 0 Å². The maximum absolute atomic E-state index is 14.9. The molecule has 162 valence electrons. The summed E-state index contributed by atoms with van der Waals surface area (Å²) in [6, 6.07) is 12.6. The summed E-state index contributed by atoms with van der Waals surface area (Å²) in [6.07, 6.45) is 5.09. The summed E-state index contributed by atoms with van der Waals surface area (Å²) >= 11 is 0. The third kappa shape index (κ3) is 3.75. The van der Waals surface area contributed by atoms with Crippen LogP contribution in [0.4, 0.5) is 27.4 Å². The van der Waals surface area contributed by atoms with Crippen molar-refractivity contribution in [2.75, 3.05) is 46.6 Å². The molecule has 1 saturated heterocycles.